The van der Waals surface area contributed by atoms with Gasteiger partial charge in [0.2, 0.25) is 0 Å². The van der Waals surface area contributed by atoms with Gasteiger partial charge in [0.15, 0.2) is 0 Å². The molecule has 10 heteroatoms. The Morgan fingerprint density at radius 1 is 1.33 bits per heavy atom. The van der Waals surface area contributed by atoms with Gasteiger partial charge in [0.1, 0.15) is 24.5 Å². The number of ether oxygens (including phenoxy) is 1. The summed E-state index contributed by atoms with van der Waals surface area (Å²) in [6.07, 6.45) is 3.26. The predicted octanol–water partition coefficient (Wildman–Crippen LogP) is 2.12. The molecule has 2 fully saturated rings. The number of aromatic amines is 1. The average molecular weight is 433 g/mol. The molecule has 30 heavy (non-hydrogen) atoms. The first kappa shape index (κ1) is 20.3. The number of nitrogens with zero attached hydrogens (tertiary/aromatic N) is 2. The highest BCUT2D eigenvalue weighted by Crippen LogP contribution is 2.38. The van der Waals surface area contributed by atoms with E-state index in [2.05, 4.69) is 15.3 Å². The average Bonchev–Trinajstić information content (AvgIpc) is 2.93. The van der Waals surface area contributed by atoms with E-state index in [-0.39, 0.29) is 29.8 Å². The van der Waals surface area contributed by atoms with Crippen LogP contribution >= 0.6 is 11.6 Å². The topological polar surface area (TPSA) is 121 Å². The number of imide groups is 1. The first-order chi connectivity index (χ1) is 14.3. The fourth-order valence-corrected chi connectivity index (χ4v) is 4.36. The van der Waals surface area contributed by atoms with Gasteiger partial charge in [-0.3, -0.25) is 19.3 Å². The van der Waals surface area contributed by atoms with Crippen LogP contribution in [0.15, 0.2) is 23.0 Å². The Balaban J connectivity index is 1.43. The molecule has 1 saturated carbocycles. The lowest BCUT2D eigenvalue weighted by atomic mass is 9.73. The van der Waals surface area contributed by atoms with Gasteiger partial charge in [-0.2, -0.15) is 0 Å². The molecule has 1 aliphatic carbocycles. The molecule has 158 valence electrons. The number of urea groups is 1. The van der Waals surface area contributed by atoms with E-state index >= 15 is 0 Å². The number of carbonyl (C=O) groups is 3. The van der Waals surface area contributed by atoms with Crippen molar-refractivity contribution in [2.75, 3.05) is 6.54 Å². The molecule has 1 saturated heterocycles. The maximum Gasteiger partial charge on any atom is 0.326 e. The van der Waals surface area contributed by atoms with Gasteiger partial charge in [-0.15, -0.1) is 0 Å². The molecule has 2 aliphatic rings. The van der Waals surface area contributed by atoms with Crippen molar-refractivity contribution in [3.05, 3.63) is 39.4 Å². The normalized spacial score (nSPS) is 23.8. The van der Waals surface area contributed by atoms with E-state index in [0.29, 0.717) is 22.3 Å². The lowest BCUT2D eigenvalue weighted by molar-refractivity contribution is -0.149. The molecule has 4 rings (SSSR count). The van der Waals surface area contributed by atoms with E-state index < -0.39 is 24.1 Å². The van der Waals surface area contributed by atoms with Crippen LogP contribution in [-0.2, 0) is 20.9 Å². The minimum atomic E-state index is -0.931. The van der Waals surface area contributed by atoms with Crippen molar-refractivity contribution in [2.24, 2.45) is 5.92 Å². The number of fused-ring (bicyclic) bond motifs is 1. The largest absolute Gasteiger partial charge is 0.456 e. The second kappa shape index (κ2) is 7.71. The molecule has 2 aromatic rings. The highest BCUT2D eigenvalue weighted by Gasteiger charge is 2.55. The Morgan fingerprint density at radius 2 is 2.13 bits per heavy atom. The number of esters is 1. The Kier molecular flexibility index (Phi) is 5.23. The van der Waals surface area contributed by atoms with Crippen LogP contribution < -0.4 is 10.9 Å². The molecule has 1 aromatic carbocycles. The Bertz CT molecular complexity index is 1100. The van der Waals surface area contributed by atoms with Crippen molar-refractivity contribution in [1.82, 2.24) is 20.2 Å². The molecule has 2 atom stereocenters. The first-order valence-electron chi connectivity index (χ1n) is 9.78. The summed E-state index contributed by atoms with van der Waals surface area (Å²) in [6.45, 7) is 1.14. The van der Waals surface area contributed by atoms with Crippen LogP contribution in [0.1, 0.15) is 38.4 Å². The summed E-state index contributed by atoms with van der Waals surface area (Å²) < 4.78 is 5.14. The molecule has 1 aromatic heterocycles. The summed E-state index contributed by atoms with van der Waals surface area (Å²) in [5.41, 5.74) is -0.940. The third-order valence-electron chi connectivity index (χ3n) is 5.88. The number of hydrogen-bond donors (Lipinski definition) is 2. The summed E-state index contributed by atoms with van der Waals surface area (Å²) in [5, 5.41) is 3.57. The van der Waals surface area contributed by atoms with Crippen molar-refractivity contribution in [3.8, 4) is 0 Å². The molecule has 0 radical (unpaired) electrons. The van der Waals surface area contributed by atoms with Crippen LogP contribution in [0, 0.1) is 5.92 Å². The second-order valence-electron chi connectivity index (χ2n) is 7.77. The number of nitrogens with one attached hydrogen (secondary N) is 2. The Hall–Kier alpha value is -2.94. The number of carbonyl (C=O) groups excluding carboxylic acids is 3. The molecular weight excluding hydrogens is 412 g/mol. The summed E-state index contributed by atoms with van der Waals surface area (Å²) in [6, 6.07) is 4.09. The zero-order valence-corrected chi connectivity index (χ0v) is 17.1. The summed E-state index contributed by atoms with van der Waals surface area (Å²) >= 11 is 5.93. The van der Waals surface area contributed by atoms with Gasteiger partial charge in [0, 0.05) is 5.02 Å². The molecule has 3 amide bonds. The van der Waals surface area contributed by atoms with Gasteiger partial charge in [-0.05, 0) is 37.0 Å². The minimum Gasteiger partial charge on any atom is -0.456 e. The molecule has 1 spiro atoms. The summed E-state index contributed by atoms with van der Waals surface area (Å²) in [4.78, 5) is 57.3. The van der Waals surface area contributed by atoms with Gasteiger partial charge in [-0.25, -0.2) is 9.78 Å². The van der Waals surface area contributed by atoms with Crippen LogP contribution in [0.4, 0.5) is 4.79 Å². The first-order valence-corrected chi connectivity index (χ1v) is 10.2. The van der Waals surface area contributed by atoms with E-state index in [1.165, 1.54) is 6.07 Å². The standard InChI is InChI=1S/C20H21ClN4O5/c1-11-4-2-3-7-20(11)18(28)25(19(29)24-20)9-16(26)30-10-15-22-14-8-12(21)5-6-13(14)17(27)23-15/h5-6,8,11H,2-4,7,9-10H2,1H3,(H,24,29)(H,22,23,27). The molecular formula is C20H21ClN4O5. The van der Waals surface area contributed by atoms with E-state index in [1.54, 1.807) is 12.1 Å². The SMILES string of the molecule is CC1CCCCC12NC(=O)N(CC(=O)OCc1nc3cc(Cl)ccc3c(=O)[nH]1)C2=O. The lowest BCUT2D eigenvalue weighted by Crippen LogP contribution is -2.54. The lowest BCUT2D eigenvalue weighted by Gasteiger charge is -2.36. The van der Waals surface area contributed by atoms with Gasteiger partial charge < -0.3 is 15.0 Å². The van der Waals surface area contributed by atoms with Gasteiger partial charge >= 0.3 is 12.0 Å². The van der Waals surface area contributed by atoms with Crippen molar-refractivity contribution >= 4 is 40.4 Å². The van der Waals surface area contributed by atoms with Crippen molar-refractivity contribution in [3.63, 3.8) is 0 Å². The number of amides is 3. The molecule has 9 nitrogen and oxygen atoms in total. The van der Waals surface area contributed by atoms with Crippen LogP contribution in [0.5, 0.6) is 0 Å². The van der Waals surface area contributed by atoms with Crippen LogP contribution in [0.2, 0.25) is 5.02 Å². The van der Waals surface area contributed by atoms with Crippen LogP contribution in [0.3, 0.4) is 0 Å². The highest BCUT2D eigenvalue weighted by atomic mass is 35.5. The fraction of sp³-hybridized carbons (Fsp3) is 0.450. The van der Waals surface area contributed by atoms with E-state index in [4.69, 9.17) is 16.3 Å². The second-order valence-corrected chi connectivity index (χ2v) is 8.21. The van der Waals surface area contributed by atoms with Gasteiger partial charge in [-0.1, -0.05) is 31.4 Å². The number of halogens is 1. The monoisotopic (exact) mass is 432 g/mol. The van der Waals surface area contributed by atoms with Crippen molar-refractivity contribution < 1.29 is 19.1 Å². The van der Waals surface area contributed by atoms with Crippen LogP contribution in [0.25, 0.3) is 10.9 Å². The maximum absolute atomic E-state index is 12.9. The molecule has 2 N–H and O–H groups in total. The third kappa shape index (κ3) is 3.54. The number of hydrogen-bond acceptors (Lipinski definition) is 6. The number of rotatable bonds is 4. The van der Waals surface area contributed by atoms with Gasteiger partial charge in [0.25, 0.3) is 11.5 Å². The van der Waals surface area contributed by atoms with E-state index in [1.807, 2.05) is 6.92 Å². The minimum absolute atomic E-state index is 0.00224. The number of aromatic nitrogens is 2. The zero-order chi connectivity index (χ0) is 21.5. The van der Waals surface area contributed by atoms with Crippen molar-refractivity contribution in [2.45, 2.75) is 44.8 Å². The quantitative estimate of drug-likeness (QED) is 0.563. The number of H-pyrrole nitrogens is 1. The summed E-state index contributed by atoms with van der Waals surface area (Å²) in [5.74, 6) is -1.02. The van der Waals surface area contributed by atoms with Crippen molar-refractivity contribution in [1.29, 1.82) is 0 Å². The molecule has 0 bridgehead atoms. The highest BCUT2D eigenvalue weighted by molar-refractivity contribution is 6.31. The molecule has 2 unspecified atom stereocenters. The van der Waals surface area contributed by atoms with Gasteiger partial charge in [0.05, 0.1) is 10.9 Å². The predicted molar refractivity (Wildman–Crippen MR) is 108 cm³/mol. The fourth-order valence-electron chi connectivity index (χ4n) is 4.19. The molecule has 1 aliphatic heterocycles. The Labute approximate surface area is 176 Å². The van der Waals surface area contributed by atoms with Crippen LogP contribution in [-0.4, -0.2) is 44.9 Å². The smallest absolute Gasteiger partial charge is 0.326 e. The molecule has 2 heterocycles. The third-order valence-corrected chi connectivity index (χ3v) is 6.11. The van der Waals surface area contributed by atoms with E-state index in [9.17, 15) is 19.2 Å². The van der Waals surface area contributed by atoms with E-state index in [0.717, 1.165) is 24.2 Å². The number of benzene rings is 1. The Morgan fingerprint density at radius 3 is 2.90 bits per heavy atom. The maximum atomic E-state index is 12.9. The zero-order valence-electron chi connectivity index (χ0n) is 16.4. The summed E-state index contributed by atoms with van der Waals surface area (Å²) in [7, 11) is 0.